The minimum atomic E-state index is -0.171. The van der Waals surface area contributed by atoms with Crippen molar-refractivity contribution in [1.29, 1.82) is 5.26 Å². The Hall–Kier alpha value is -3.43. The van der Waals surface area contributed by atoms with Crippen LogP contribution in [0.4, 0.5) is 10.7 Å². The molecular formula is C23H22N4OS. The van der Waals surface area contributed by atoms with E-state index in [1.165, 1.54) is 18.3 Å². The molecular weight excluding hydrogens is 380 g/mol. The fraction of sp³-hybridized carbons (Fsp3) is 0.174. The normalized spacial score (nSPS) is 11.1. The molecule has 1 amide bonds. The van der Waals surface area contributed by atoms with Gasteiger partial charge >= 0.3 is 0 Å². The number of anilines is 2. The van der Waals surface area contributed by atoms with Crippen LogP contribution in [0.3, 0.4) is 0 Å². The van der Waals surface area contributed by atoms with E-state index in [0.717, 1.165) is 22.4 Å². The summed E-state index contributed by atoms with van der Waals surface area (Å²) in [6, 6.07) is 18.1. The van der Waals surface area contributed by atoms with Gasteiger partial charge in [0.2, 0.25) is 5.91 Å². The van der Waals surface area contributed by atoms with Gasteiger partial charge < -0.3 is 10.2 Å². The van der Waals surface area contributed by atoms with Crippen molar-refractivity contribution in [3.05, 3.63) is 64.7 Å². The summed E-state index contributed by atoms with van der Waals surface area (Å²) in [5.74, 6) is -0.171. The number of amides is 1. The molecule has 0 saturated carbocycles. The molecule has 29 heavy (non-hydrogen) atoms. The average molecular weight is 403 g/mol. The Morgan fingerprint density at radius 3 is 2.34 bits per heavy atom. The number of aromatic nitrogens is 1. The first-order valence-corrected chi connectivity index (χ1v) is 9.94. The second-order valence-electron chi connectivity index (χ2n) is 6.90. The minimum Gasteiger partial charge on any atom is -0.378 e. The summed E-state index contributed by atoms with van der Waals surface area (Å²) >= 11 is 1.30. The minimum absolute atomic E-state index is 0.171. The van der Waals surface area contributed by atoms with Gasteiger partial charge in [-0.25, -0.2) is 4.98 Å². The zero-order valence-corrected chi connectivity index (χ0v) is 17.7. The van der Waals surface area contributed by atoms with Gasteiger partial charge in [-0.1, -0.05) is 53.3 Å². The first kappa shape index (κ1) is 20.3. The summed E-state index contributed by atoms with van der Waals surface area (Å²) < 4.78 is 0. The van der Waals surface area contributed by atoms with Crippen molar-refractivity contribution in [2.24, 2.45) is 0 Å². The number of rotatable bonds is 5. The molecule has 1 aromatic heterocycles. The molecule has 1 N–H and O–H groups in total. The molecule has 0 fully saturated rings. The standard InChI is InChI=1S/C23H22N4OS/c1-15-5-9-18(10-6-15)21-23(25-16(2)28)29-22(26-21)19(14-24)13-17-7-11-20(12-8-17)27(3)4/h5-13H,1-4H3,(H,25,28)/b19-13+. The Morgan fingerprint density at radius 2 is 1.79 bits per heavy atom. The first-order valence-electron chi connectivity index (χ1n) is 9.12. The molecule has 0 aliphatic rings. The number of allylic oxidation sites excluding steroid dienone is 1. The van der Waals surface area contributed by atoms with Gasteiger partial charge in [0.05, 0.1) is 5.57 Å². The van der Waals surface area contributed by atoms with Gasteiger partial charge in [0.1, 0.15) is 21.8 Å². The molecule has 2 aromatic carbocycles. The van der Waals surface area contributed by atoms with Gasteiger partial charge in [-0.3, -0.25) is 4.79 Å². The van der Waals surface area contributed by atoms with Crippen LogP contribution in [0.5, 0.6) is 0 Å². The predicted octanol–water partition coefficient (Wildman–Crippen LogP) is 5.21. The van der Waals surface area contributed by atoms with Crippen LogP contribution in [0.25, 0.3) is 22.9 Å². The smallest absolute Gasteiger partial charge is 0.221 e. The van der Waals surface area contributed by atoms with Gasteiger partial charge in [0.25, 0.3) is 0 Å². The highest BCUT2D eigenvalue weighted by Crippen LogP contribution is 2.36. The lowest BCUT2D eigenvalue weighted by Gasteiger charge is -2.11. The van der Waals surface area contributed by atoms with E-state index in [2.05, 4.69) is 16.4 Å². The van der Waals surface area contributed by atoms with Crippen LogP contribution in [-0.4, -0.2) is 25.0 Å². The fourth-order valence-electron chi connectivity index (χ4n) is 2.76. The van der Waals surface area contributed by atoms with Gasteiger partial charge in [-0.2, -0.15) is 5.26 Å². The van der Waals surface area contributed by atoms with Crippen molar-refractivity contribution in [1.82, 2.24) is 4.98 Å². The molecule has 0 aliphatic heterocycles. The maximum Gasteiger partial charge on any atom is 0.221 e. The van der Waals surface area contributed by atoms with Crippen molar-refractivity contribution in [2.45, 2.75) is 13.8 Å². The summed E-state index contributed by atoms with van der Waals surface area (Å²) in [6.45, 7) is 3.48. The maximum absolute atomic E-state index is 11.7. The lowest BCUT2D eigenvalue weighted by molar-refractivity contribution is -0.114. The van der Waals surface area contributed by atoms with E-state index >= 15 is 0 Å². The molecule has 0 radical (unpaired) electrons. The van der Waals surface area contributed by atoms with Crippen LogP contribution in [-0.2, 0) is 4.79 Å². The molecule has 0 bridgehead atoms. The summed E-state index contributed by atoms with van der Waals surface area (Å²) in [5, 5.41) is 13.8. The number of nitriles is 1. The zero-order valence-electron chi connectivity index (χ0n) is 16.9. The topological polar surface area (TPSA) is 69.0 Å². The molecule has 0 aliphatic carbocycles. The highest BCUT2D eigenvalue weighted by molar-refractivity contribution is 7.17. The molecule has 0 saturated heterocycles. The van der Waals surface area contributed by atoms with Crippen LogP contribution in [0.1, 0.15) is 23.1 Å². The molecule has 0 atom stereocenters. The number of hydrogen-bond donors (Lipinski definition) is 1. The van der Waals surface area contributed by atoms with Crippen LogP contribution in [0, 0.1) is 18.3 Å². The van der Waals surface area contributed by atoms with Crippen molar-refractivity contribution in [3.8, 4) is 17.3 Å². The number of aryl methyl sites for hydroxylation is 1. The predicted molar refractivity (Wildman–Crippen MR) is 121 cm³/mol. The van der Waals surface area contributed by atoms with E-state index in [1.807, 2.05) is 80.5 Å². The summed E-state index contributed by atoms with van der Waals surface area (Å²) in [4.78, 5) is 18.4. The summed E-state index contributed by atoms with van der Waals surface area (Å²) in [7, 11) is 3.97. The van der Waals surface area contributed by atoms with Crippen molar-refractivity contribution in [3.63, 3.8) is 0 Å². The molecule has 146 valence electrons. The van der Waals surface area contributed by atoms with E-state index in [9.17, 15) is 10.1 Å². The van der Waals surface area contributed by atoms with Crippen molar-refractivity contribution < 1.29 is 4.79 Å². The van der Waals surface area contributed by atoms with Crippen LogP contribution in [0.15, 0.2) is 48.5 Å². The van der Waals surface area contributed by atoms with Crippen LogP contribution in [0.2, 0.25) is 0 Å². The summed E-state index contributed by atoms with van der Waals surface area (Å²) in [5.41, 5.74) is 5.17. The molecule has 5 nitrogen and oxygen atoms in total. The fourth-order valence-corrected chi connectivity index (χ4v) is 3.76. The number of carbonyl (C=O) groups excluding carboxylic acids is 1. The number of hydrogen-bond acceptors (Lipinski definition) is 5. The third-order valence-corrected chi connectivity index (χ3v) is 5.32. The Kier molecular flexibility index (Phi) is 6.10. The lowest BCUT2D eigenvalue weighted by atomic mass is 10.1. The largest absolute Gasteiger partial charge is 0.378 e. The quantitative estimate of drug-likeness (QED) is 0.595. The van der Waals surface area contributed by atoms with E-state index in [0.29, 0.717) is 21.3 Å². The third kappa shape index (κ3) is 4.89. The van der Waals surface area contributed by atoms with Crippen LogP contribution < -0.4 is 10.2 Å². The number of benzene rings is 2. The first-order chi connectivity index (χ1) is 13.9. The van der Waals surface area contributed by atoms with E-state index in [1.54, 1.807) is 0 Å². The molecule has 0 unspecified atom stereocenters. The van der Waals surface area contributed by atoms with Gasteiger partial charge in [0, 0.05) is 32.3 Å². The number of nitrogens with zero attached hydrogens (tertiary/aromatic N) is 3. The lowest BCUT2D eigenvalue weighted by Crippen LogP contribution is -2.07. The Balaban J connectivity index is 2.02. The molecule has 1 heterocycles. The van der Waals surface area contributed by atoms with E-state index in [4.69, 9.17) is 0 Å². The Morgan fingerprint density at radius 1 is 1.14 bits per heavy atom. The highest BCUT2D eigenvalue weighted by atomic mass is 32.1. The number of carbonyl (C=O) groups is 1. The molecule has 0 spiro atoms. The SMILES string of the molecule is CC(=O)Nc1sc(/C(C#N)=C/c2ccc(N(C)C)cc2)nc1-c1ccc(C)cc1. The number of thiazole rings is 1. The molecule has 3 rings (SSSR count). The average Bonchev–Trinajstić information content (AvgIpc) is 3.09. The van der Waals surface area contributed by atoms with Crippen molar-refractivity contribution in [2.75, 3.05) is 24.3 Å². The van der Waals surface area contributed by atoms with Gasteiger partial charge in [-0.05, 0) is 30.7 Å². The third-order valence-electron chi connectivity index (χ3n) is 4.31. The van der Waals surface area contributed by atoms with E-state index < -0.39 is 0 Å². The highest BCUT2D eigenvalue weighted by Gasteiger charge is 2.17. The second-order valence-corrected chi connectivity index (χ2v) is 7.90. The summed E-state index contributed by atoms with van der Waals surface area (Å²) in [6.07, 6.45) is 1.81. The van der Waals surface area contributed by atoms with E-state index in [-0.39, 0.29) is 5.91 Å². The van der Waals surface area contributed by atoms with Crippen molar-refractivity contribution >= 4 is 39.6 Å². The second kappa shape index (κ2) is 8.72. The Labute approximate surface area is 174 Å². The molecule has 6 heteroatoms. The Bertz CT molecular complexity index is 1090. The zero-order chi connectivity index (χ0) is 21.0. The van der Waals surface area contributed by atoms with Gasteiger partial charge in [-0.15, -0.1) is 0 Å². The monoisotopic (exact) mass is 402 g/mol. The number of nitrogens with one attached hydrogen (secondary N) is 1. The maximum atomic E-state index is 11.7. The molecule has 3 aromatic rings. The van der Waals surface area contributed by atoms with Crippen LogP contribution >= 0.6 is 11.3 Å². The van der Waals surface area contributed by atoms with Gasteiger partial charge in [0.15, 0.2) is 0 Å².